The monoisotopic (exact) mass is 295 g/mol. The van der Waals surface area contributed by atoms with E-state index in [0.717, 1.165) is 38.2 Å². The third-order valence-corrected chi connectivity index (χ3v) is 4.61. The van der Waals surface area contributed by atoms with Crippen molar-refractivity contribution in [3.63, 3.8) is 0 Å². The van der Waals surface area contributed by atoms with Crippen LogP contribution in [0.2, 0.25) is 0 Å². The molecule has 1 aromatic rings. The van der Waals surface area contributed by atoms with Crippen molar-refractivity contribution in [3.8, 4) is 0 Å². The van der Waals surface area contributed by atoms with Crippen LogP contribution in [0.5, 0.6) is 0 Å². The number of hydrogen-bond donors (Lipinski definition) is 1. The molecule has 1 unspecified atom stereocenters. The van der Waals surface area contributed by atoms with E-state index in [1.165, 1.54) is 31.5 Å². The molecule has 2 N–H and O–H groups in total. The topological polar surface area (TPSA) is 32.5 Å². The summed E-state index contributed by atoms with van der Waals surface area (Å²) in [4.78, 5) is 4.71. The van der Waals surface area contributed by atoms with Gasteiger partial charge in [0.2, 0.25) is 0 Å². The van der Waals surface area contributed by atoms with E-state index in [-0.39, 0.29) is 6.04 Å². The largest absolute Gasteiger partial charge is 0.329 e. The fourth-order valence-electron chi connectivity index (χ4n) is 3.17. The Morgan fingerprint density at radius 1 is 1.14 bits per heavy atom. The van der Waals surface area contributed by atoms with Gasteiger partial charge in [0.05, 0.1) is 6.04 Å². The summed E-state index contributed by atoms with van der Waals surface area (Å²) < 4.78 is 27.0. The molecule has 21 heavy (non-hydrogen) atoms. The standard InChI is InChI=1S/C16H23F2N3/c17-13-3-4-14(15(18)9-13)16(10-19)21-7-5-20(6-8-21)11-12-1-2-12/h3-4,9,12,16H,1-2,5-8,10-11,19H2. The lowest BCUT2D eigenvalue weighted by Crippen LogP contribution is -2.49. The molecule has 5 heteroatoms. The van der Waals surface area contributed by atoms with Gasteiger partial charge >= 0.3 is 0 Å². The summed E-state index contributed by atoms with van der Waals surface area (Å²) in [5, 5.41) is 0. The lowest BCUT2D eigenvalue weighted by Gasteiger charge is -2.39. The molecule has 0 radical (unpaired) electrons. The maximum atomic E-state index is 14.0. The van der Waals surface area contributed by atoms with Gasteiger partial charge in [-0.25, -0.2) is 8.78 Å². The Morgan fingerprint density at radius 3 is 2.43 bits per heavy atom. The first-order valence-corrected chi connectivity index (χ1v) is 7.79. The quantitative estimate of drug-likeness (QED) is 0.902. The lowest BCUT2D eigenvalue weighted by molar-refractivity contribution is 0.0941. The van der Waals surface area contributed by atoms with Crippen molar-refractivity contribution in [2.24, 2.45) is 11.7 Å². The molecular weight excluding hydrogens is 272 g/mol. The molecule has 1 aliphatic carbocycles. The summed E-state index contributed by atoms with van der Waals surface area (Å²) in [6.45, 7) is 5.36. The number of piperazine rings is 1. The van der Waals surface area contributed by atoms with Gasteiger partial charge in [0.15, 0.2) is 0 Å². The van der Waals surface area contributed by atoms with Crippen molar-refractivity contribution >= 4 is 0 Å². The van der Waals surface area contributed by atoms with Gasteiger partial charge in [0.25, 0.3) is 0 Å². The number of hydrogen-bond acceptors (Lipinski definition) is 3. The molecular formula is C16H23F2N3. The van der Waals surface area contributed by atoms with Gasteiger partial charge in [-0.3, -0.25) is 4.90 Å². The highest BCUT2D eigenvalue weighted by Gasteiger charge is 2.29. The molecule has 3 nitrogen and oxygen atoms in total. The molecule has 1 heterocycles. The molecule has 2 aliphatic rings. The van der Waals surface area contributed by atoms with Gasteiger partial charge in [-0.15, -0.1) is 0 Å². The fourth-order valence-corrected chi connectivity index (χ4v) is 3.17. The Balaban J connectivity index is 1.63. The third kappa shape index (κ3) is 3.59. The van der Waals surface area contributed by atoms with Crippen LogP contribution in [0.4, 0.5) is 8.78 Å². The van der Waals surface area contributed by atoms with Crippen LogP contribution in [0, 0.1) is 17.6 Å². The SMILES string of the molecule is NCC(c1ccc(F)cc1F)N1CCN(CC2CC2)CC1. The highest BCUT2D eigenvalue weighted by atomic mass is 19.1. The van der Waals surface area contributed by atoms with E-state index >= 15 is 0 Å². The zero-order valence-electron chi connectivity index (χ0n) is 12.3. The van der Waals surface area contributed by atoms with Crippen LogP contribution in [-0.2, 0) is 0 Å². The molecule has 0 bridgehead atoms. The first kappa shape index (κ1) is 14.9. The zero-order valence-corrected chi connectivity index (χ0v) is 12.3. The van der Waals surface area contributed by atoms with Gasteiger partial charge < -0.3 is 10.6 Å². The van der Waals surface area contributed by atoms with Crippen molar-refractivity contribution in [2.75, 3.05) is 39.3 Å². The van der Waals surface area contributed by atoms with Crippen LogP contribution >= 0.6 is 0 Å². The van der Waals surface area contributed by atoms with Crippen LogP contribution in [-0.4, -0.2) is 49.1 Å². The molecule has 1 saturated heterocycles. The van der Waals surface area contributed by atoms with Gasteiger partial charge in [-0.05, 0) is 24.8 Å². The van der Waals surface area contributed by atoms with Crippen molar-refractivity contribution in [3.05, 3.63) is 35.4 Å². The molecule has 1 saturated carbocycles. The molecule has 0 spiro atoms. The Bertz CT molecular complexity index is 482. The highest BCUT2D eigenvalue weighted by molar-refractivity contribution is 5.23. The van der Waals surface area contributed by atoms with E-state index in [1.54, 1.807) is 0 Å². The summed E-state index contributed by atoms with van der Waals surface area (Å²) in [5.41, 5.74) is 6.36. The van der Waals surface area contributed by atoms with Crippen molar-refractivity contribution in [2.45, 2.75) is 18.9 Å². The third-order valence-electron chi connectivity index (χ3n) is 4.61. The molecule has 0 aromatic heterocycles. The maximum Gasteiger partial charge on any atom is 0.130 e. The predicted molar refractivity (Wildman–Crippen MR) is 78.9 cm³/mol. The second-order valence-corrected chi connectivity index (χ2v) is 6.20. The Kier molecular flexibility index (Phi) is 4.52. The van der Waals surface area contributed by atoms with Crippen LogP contribution in [0.1, 0.15) is 24.4 Å². The second-order valence-electron chi connectivity index (χ2n) is 6.20. The number of nitrogens with two attached hydrogens (primary N) is 1. The first-order valence-electron chi connectivity index (χ1n) is 7.79. The van der Waals surface area contributed by atoms with Crippen molar-refractivity contribution in [1.29, 1.82) is 0 Å². The number of rotatable bonds is 5. The average molecular weight is 295 g/mol. The Hall–Kier alpha value is -1.04. The number of benzene rings is 1. The molecule has 0 amide bonds. The maximum absolute atomic E-state index is 14.0. The highest BCUT2D eigenvalue weighted by Crippen LogP contribution is 2.30. The lowest BCUT2D eigenvalue weighted by atomic mass is 10.0. The Labute approximate surface area is 124 Å². The van der Waals surface area contributed by atoms with Crippen LogP contribution in [0.25, 0.3) is 0 Å². The van der Waals surface area contributed by atoms with Crippen LogP contribution < -0.4 is 5.73 Å². The van der Waals surface area contributed by atoms with E-state index in [9.17, 15) is 8.78 Å². The smallest absolute Gasteiger partial charge is 0.130 e. The van der Waals surface area contributed by atoms with Gasteiger partial charge in [0, 0.05) is 50.9 Å². The molecule has 116 valence electrons. The van der Waals surface area contributed by atoms with Gasteiger partial charge in [-0.1, -0.05) is 6.07 Å². The van der Waals surface area contributed by atoms with Crippen LogP contribution in [0.15, 0.2) is 18.2 Å². The Morgan fingerprint density at radius 2 is 1.86 bits per heavy atom. The van der Waals surface area contributed by atoms with E-state index in [0.29, 0.717) is 12.1 Å². The summed E-state index contributed by atoms with van der Waals surface area (Å²) in [7, 11) is 0. The minimum atomic E-state index is -0.540. The molecule has 1 atom stereocenters. The minimum absolute atomic E-state index is 0.159. The minimum Gasteiger partial charge on any atom is -0.329 e. The van der Waals surface area contributed by atoms with E-state index in [1.807, 2.05) is 0 Å². The summed E-state index contributed by atoms with van der Waals surface area (Å²) in [5.74, 6) is -0.136. The molecule has 1 aliphatic heterocycles. The average Bonchev–Trinajstić information content (AvgIpc) is 3.27. The van der Waals surface area contributed by atoms with E-state index in [4.69, 9.17) is 5.73 Å². The van der Waals surface area contributed by atoms with Crippen LogP contribution in [0.3, 0.4) is 0 Å². The summed E-state index contributed by atoms with van der Waals surface area (Å²) >= 11 is 0. The van der Waals surface area contributed by atoms with Gasteiger partial charge in [0.1, 0.15) is 11.6 Å². The normalized spacial score (nSPS) is 22.4. The van der Waals surface area contributed by atoms with Crippen molar-refractivity contribution < 1.29 is 8.78 Å². The first-order chi connectivity index (χ1) is 10.2. The molecule has 1 aromatic carbocycles. The summed E-state index contributed by atoms with van der Waals surface area (Å²) in [6.07, 6.45) is 2.73. The molecule has 2 fully saturated rings. The molecule has 3 rings (SSSR count). The van der Waals surface area contributed by atoms with Crippen molar-refractivity contribution in [1.82, 2.24) is 9.80 Å². The number of halogens is 2. The fraction of sp³-hybridized carbons (Fsp3) is 0.625. The number of nitrogens with zero attached hydrogens (tertiary/aromatic N) is 2. The zero-order chi connectivity index (χ0) is 14.8. The van der Waals surface area contributed by atoms with E-state index < -0.39 is 11.6 Å². The van der Waals surface area contributed by atoms with Gasteiger partial charge in [-0.2, -0.15) is 0 Å². The second kappa shape index (κ2) is 6.38. The summed E-state index contributed by atoms with van der Waals surface area (Å²) in [6, 6.07) is 3.62. The van der Waals surface area contributed by atoms with E-state index in [2.05, 4.69) is 9.80 Å². The predicted octanol–water partition coefficient (Wildman–Crippen LogP) is 1.99.